The smallest absolute Gasteiger partial charge is 0.212 e. The molecule has 4 nitrogen and oxygen atoms in total. The lowest BCUT2D eigenvalue weighted by atomic mass is 10.2. The lowest BCUT2D eigenvalue weighted by Gasteiger charge is -1.98. The van der Waals surface area contributed by atoms with Gasteiger partial charge in [0.25, 0.3) is 0 Å². The van der Waals surface area contributed by atoms with E-state index >= 15 is 0 Å². The standard InChI is InChI=1S/C10H12N4/c1-2-4-9(5-3-1)8-13-14-10-11-6-7-12-10/h1-5,8H,6-7H2,(H2,11,12,14). The highest BCUT2D eigenvalue weighted by molar-refractivity contribution is 5.84. The second-order valence-electron chi connectivity index (χ2n) is 2.94. The molecule has 2 N–H and O–H groups in total. The van der Waals surface area contributed by atoms with Crippen LogP contribution in [0.4, 0.5) is 0 Å². The van der Waals surface area contributed by atoms with Crippen LogP contribution < -0.4 is 10.7 Å². The Hall–Kier alpha value is -1.84. The van der Waals surface area contributed by atoms with Gasteiger partial charge in [-0.05, 0) is 5.56 Å². The second-order valence-corrected chi connectivity index (χ2v) is 2.94. The van der Waals surface area contributed by atoms with Gasteiger partial charge in [0.2, 0.25) is 5.96 Å². The molecule has 0 radical (unpaired) electrons. The van der Waals surface area contributed by atoms with Gasteiger partial charge in [-0.1, -0.05) is 30.3 Å². The minimum Gasteiger partial charge on any atom is -0.353 e. The van der Waals surface area contributed by atoms with Gasteiger partial charge in [0.1, 0.15) is 0 Å². The van der Waals surface area contributed by atoms with Gasteiger partial charge < -0.3 is 5.32 Å². The summed E-state index contributed by atoms with van der Waals surface area (Å²) in [5.74, 6) is 0.747. The number of benzene rings is 1. The molecular formula is C10H12N4. The summed E-state index contributed by atoms with van der Waals surface area (Å²) in [7, 11) is 0. The third-order valence-electron chi connectivity index (χ3n) is 1.86. The summed E-state index contributed by atoms with van der Waals surface area (Å²) < 4.78 is 0. The van der Waals surface area contributed by atoms with Crippen LogP contribution in [-0.4, -0.2) is 25.3 Å². The normalized spacial score (nSPS) is 15.3. The first-order chi connectivity index (χ1) is 6.95. The predicted molar refractivity (Wildman–Crippen MR) is 57.5 cm³/mol. The number of rotatable bonds is 2. The third kappa shape index (κ3) is 2.32. The summed E-state index contributed by atoms with van der Waals surface area (Å²) >= 11 is 0. The number of hydrogen-bond donors (Lipinski definition) is 2. The molecule has 1 aromatic rings. The molecule has 0 spiro atoms. The lowest BCUT2D eigenvalue weighted by molar-refractivity contribution is 0.920. The second kappa shape index (κ2) is 4.41. The lowest BCUT2D eigenvalue weighted by Crippen LogP contribution is -2.30. The molecule has 0 aliphatic carbocycles. The molecule has 0 bridgehead atoms. The van der Waals surface area contributed by atoms with Gasteiger partial charge in [0, 0.05) is 6.54 Å². The minimum atomic E-state index is 0.747. The maximum Gasteiger partial charge on any atom is 0.212 e. The monoisotopic (exact) mass is 188 g/mol. The molecule has 0 atom stereocenters. The fourth-order valence-corrected chi connectivity index (χ4v) is 1.18. The van der Waals surface area contributed by atoms with E-state index in [0.29, 0.717) is 0 Å². The van der Waals surface area contributed by atoms with Crippen LogP contribution in [0.15, 0.2) is 40.4 Å². The summed E-state index contributed by atoms with van der Waals surface area (Å²) in [6, 6.07) is 9.93. The predicted octanol–water partition coefficient (Wildman–Crippen LogP) is 0.569. The average molecular weight is 188 g/mol. The highest BCUT2D eigenvalue weighted by Crippen LogP contribution is 1.93. The van der Waals surface area contributed by atoms with E-state index in [2.05, 4.69) is 20.8 Å². The van der Waals surface area contributed by atoms with E-state index < -0.39 is 0 Å². The van der Waals surface area contributed by atoms with Crippen molar-refractivity contribution in [2.24, 2.45) is 10.1 Å². The number of hydrazone groups is 1. The molecule has 0 amide bonds. The van der Waals surface area contributed by atoms with Crippen molar-refractivity contribution >= 4 is 12.2 Å². The fraction of sp³-hybridized carbons (Fsp3) is 0.200. The number of nitrogens with one attached hydrogen (secondary N) is 2. The zero-order valence-electron chi connectivity index (χ0n) is 7.77. The molecule has 0 aromatic heterocycles. The average Bonchev–Trinajstić information content (AvgIpc) is 2.72. The number of nitrogens with zero attached hydrogens (tertiary/aromatic N) is 2. The van der Waals surface area contributed by atoms with Gasteiger partial charge >= 0.3 is 0 Å². The molecule has 2 rings (SSSR count). The van der Waals surface area contributed by atoms with Gasteiger partial charge in [0.05, 0.1) is 12.8 Å². The van der Waals surface area contributed by atoms with Crippen LogP contribution in [0.5, 0.6) is 0 Å². The Bertz CT molecular complexity index is 342. The highest BCUT2D eigenvalue weighted by atomic mass is 15.4. The first-order valence-corrected chi connectivity index (χ1v) is 4.57. The van der Waals surface area contributed by atoms with E-state index in [9.17, 15) is 0 Å². The van der Waals surface area contributed by atoms with E-state index in [0.717, 1.165) is 24.6 Å². The highest BCUT2D eigenvalue weighted by Gasteiger charge is 2.00. The Morgan fingerprint density at radius 3 is 2.93 bits per heavy atom. The van der Waals surface area contributed by atoms with E-state index in [1.807, 2.05) is 30.3 Å². The molecule has 0 saturated heterocycles. The summed E-state index contributed by atoms with van der Waals surface area (Å²) in [5, 5.41) is 7.12. The van der Waals surface area contributed by atoms with E-state index in [-0.39, 0.29) is 0 Å². The van der Waals surface area contributed by atoms with Gasteiger partial charge in [-0.25, -0.2) is 10.4 Å². The van der Waals surface area contributed by atoms with Crippen LogP contribution in [0.3, 0.4) is 0 Å². The first-order valence-electron chi connectivity index (χ1n) is 4.57. The first kappa shape index (κ1) is 8.74. The zero-order valence-corrected chi connectivity index (χ0v) is 7.77. The van der Waals surface area contributed by atoms with Gasteiger partial charge in [-0.2, -0.15) is 5.10 Å². The molecule has 1 aliphatic heterocycles. The van der Waals surface area contributed by atoms with Gasteiger partial charge in [-0.3, -0.25) is 0 Å². The molecule has 0 saturated carbocycles. The van der Waals surface area contributed by atoms with Crippen LogP contribution >= 0.6 is 0 Å². The van der Waals surface area contributed by atoms with Crippen LogP contribution in [0.25, 0.3) is 0 Å². The van der Waals surface area contributed by atoms with Crippen molar-refractivity contribution in [3.05, 3.63) is 35.9 Å². The molecule has 0 fully saturated rings. The molecule has 0 unspecified atom stereocenters. The van der Waals surface area contributed by atoms with Crippen molar-refractivity contribution in [3.8, 4) is 0 Å². The summed E-state index contributed by atoms with van der Waals surface area (Å²) in [4.78, 5) is 4.15. The Morgan fingerprint density at radius 2 is 2.21 bits per heavy atom. The molecule has 72 valence electrons. The number of guanidine groups is 1. The Morgan fingerprint density at radius 1 is 1.36 bits per heavy atom. The maximum atomic E-state index is 4.15. The largest absolute Gasteiger partial charge is 0.353 e. The van der Waals surface area contributed by atoms with Crippen molar-refractivity contribution < 1.29 is 0 Å². The van der Waals surface area contributed by atoms with Crippen LogP contribution in [-0.2, 0) is 0 Å². The summed E-state index contributed by atoms with van der Waals surface area (Å²) in [6.07, 6.45) is 1.77. The van der Waals surface area contributed by atoms with Crippen LogP contribution in [0.2, 0.25) is 0 Å². The van der Waals surface area contributed by atoms with Crippen molar-refractivity contribution in [2.45, 2.75) is 0 Å². The van der Waals surface area contributed by atoms with E-state index in [4.69, 9.17) is 0 Å². The van der Waals surface area contributed by atoms with Crippen LogP contribution in [0, 0.1) is 0 Å². The van der Waals surface area contributed by atoms with E-state index in [1.54, 1.807) is 6.21 Å². The van der Waals surface area contributed by atoms with E-state index in [1.165, 1.54) is 0 Å². The molecule has 1 aromatic carbocycles. The van der Waals surface area contributed by atoms with Crippen molar-refractivity contribution in [2.75, 3.05) is 13.1 Å². The molecule has 1 aliphatic rings. The zero-order chi connectivity index (χ0) is 9.64. The summed E-state index contributed by atoms with van der Waals surface area (Å²) in [5.41, 5.74) is 3.91. The molecule has 14 heavy (non-hydrogen) atoms. The Balaban J connectivity index is 1.88. The summed E-state index contributed by atoms with van der Waals surface area (Å²) in [6.45, 7) is 1.71. The molecular weight excluding hydrogens is 176 g/mol. The Kier molecular flexibility index (Phi) is 2.76. The third-order valence-corrected chi connectivity index (χ3v) is 1.86. The van der Waals surface area contributed by atoms with Crippen molar-refractivity contribution in [3.63, 3.8) is 0 Å². The SMILES string of the molecule is C(=NNC1=NCCN1)c1ccccc1. The minimum absolute atomic E-state index is 0.747. The topological polar surface area (TPSA) is 48.8 Å². The Labute approximate surface area is 82.7 Å². The van der Waals surface area contributed by atoms with Gasteiger partial charge in [0.15, 0.2) is 0 Å². The molecule has 1 heterocycles. The fourth-order valence-electron chi connectivity index (χ4n) is 1.18. The van der Waals surface area contributed by atoms with Crippen molar-refractivity contribution in [1.29, 1.82) is 0 Å². The number of hydrogen-bond acceptors (Lipinski definition) is 4. The quantitative estimate of drug-likeness (QED) is 0.526. The van der Waals surface area contributed by atoms with Crippen molar-refractivity contribution in [1.82, 2.24) is 10.7 Å². The number of aliphatic imine (C=N–C) groups is 1. The molecule has 4 heteroatoms. The van der Waals surface area contributed by atoms with Crippen LogP contribution in [0.1, 0.15) is 5.56 Å². The maximum absolute atomic E-state index is 4.15. The van der Waals surface area contributed by atoms with Gasteiger partial charge in [-0.15, -0.1) is 0 Å².